The number of hydrogen-bond donors (Lipinski definition) is 1. The lowest BCUT2D eigenvalue weighted by Gasteiger charge is -2.10. The third-order valence-electron chi connectivity index (χ3n) is 2.35. The summed E-state index contributed by atoms with van der Waals surface area (Å²) in [5, 5.41) is 0. The predicted molar refractivity (Wildman–Crippen MR) is 59.8 cm³/mol. The minimum Gasteiger partial charge on any atom is -0.453 e. The number of halogens is 1. The zero-order valence-corrected chi connectivity index (χ0v) is 8.62. The van der Waals surface area contributed by atoms with Crippen molar-refractivity contribution >= 4 is 18.0 Å². The summed E-state index contributed by atoms with van der Waals surface area (Å²) in [5.41, 5.74) is 6.48. The van der Waals surface area contributed by atoms with E-state index < -0.39 is 5.82 Å². The number of aliphatic imine (C=N–C) groups is 1. The Balaban J connectivity index is 2.67. The number of rotatable bonds is 3. The van der Waals surface area contributed by atoms with Crippen molar-refractivity contribution in [3.05, 3.63) is 24.0 Å². The van der Waals surface area contributed by atoms with Crippen LogP contribution in [0.2, 0.25) is 0 Å². The van der Waals surface area contributed by atoms with Crippen molar-refractivity contribution in [1.29, 1.82) is 0 Å². The number of fused-ring (bicyclic) bond motifs is 1. The molecule has 0 atom stereocenters. The predicted octanol–water partition coefficient (Wildman–Crippen LogP) is 1.86. The van der Waals surface area contributed by atoms with E-state index in [0.29, 0.717) is 17.0 Å². The van der Waals surface area contributed by atoms with Gasteiger partial charge in [0.25, 0.3) is 0 Å². The van der Waals surface area contributed by atoms with Gasteiger partial charge in [-0.3, -0.25) is 4.99 Å². The molecule has 0 unspecified atom stereocenters. The van der Waals surface area contributed by atoms with Gasteiger partial charge in [-0.1, -0.05) is 6.58 Å². The van der Waals surface area contributed by atoms with Gasteiger partial charge in [0.1, 0.15) is 0 Å². The van der Waals surface area contributed by atoms with Crippen LogP contribution in [0.1, 0.15) is 5.56 Å². The normalized spacial score (nSPS) is 12.6. The van der Waals surface area contributed by atoms with E-state index in [-0.39, 0.29) is 24.7 Å². The zero-order valence-electron chi connectivity index (χ0n) is 8.62. The van der Waals surface area contributed by atoms with Gasteiger partial charge in [-0.2, -0.15) is 0 Å². The molecule has 1 aromatic carbocycles. The standard InChI is InChI=1S/C11H11FN2O2/c1-6(4-13)9-7(14-2)3-8-11(10(9)12)16-5-15-8/h3H,1-2,4-5,13H2. The number of nitrogens with zero attached hydrogens (tertiary/aromatic N) is 1. The van der Waals surface area contributed by atoms with Gasteiger partial charge in [-0.15, -0.1) is 0 Å². The number of hydrogen-bond acceptors (Lipinski definition) is 4. The van der Waals surface area contributed by atoms with Gasteiger partial charge in [0.2, 0.25) is 12.5 Å². The van der Waals surface area contributed by atoms with Gasteiger partial charge in [0.15, 0.2) is 11.6 Å². The summed E-state index contributed by atoms with van der Waals surface area (Å²) in [5.74, 6) is -0.140. The van der Waals surface area contributed by atoms with Gasteiger partial charge >= 0.3 is 0 Å². The van der Waals surface area contributed by atoms with Crippen LogP contribution in [0.3, 0.4) is 0 Å². The molecule has 0 aromatic heterocycles. The fraction of sp³-hybridized carbons (Fsp3) is 0.182. The van der Waals surface area contributed by atoms with Crippen molar-refractivity contribution in [3.63, 3.8) is 0 Å². The Labute approximate surface area is 92.2 Å². The molecule has 1 aromatic rings. The molecule has 4 nitrogen and oxygen atoms in total. The molecule has 0 saturated heterocycles. The summed E-state index contributed by atoms with van der Waals surface area (Å²) in [6.07, 6.45) is 0. The number of benzene rings is 1. The topological polar surface area (TPSA) is 56.8 Å². The molecule has 0 fully saturated rings. The van der Waals surface area contributed by atoms with E-state index in [4.69, 9.17) is 15.2 Å². The molecule has 84 valence electrons. The van der Waals surface area contributed by atoms with Crippen LogP contribution in [0.5, 0.6) is 11.5 Å². The van der Waals surface area contributed by atoms with Crippen LogP contribution in [0, 0.1) is 5.82 Å². The molecule has 0 saturated carbocycles. The van der Waals surface area contributed by atoms with Gasteiger partial charge < -0.3 is 15.2 Å². The first-order valence-electron chi connectivity index (χ1n) is 4.66. The fourth-order valence-corrected chi connectivity index (χ4v) is 1.55. The highest BCUT2D eigenvalue weighted by Crippen LogP contribution is 2.43. The van der Waals surface area contributed by atoms with Crippen molar-refractivity contribution in [2.45, 2.75) is 0 Å². The van der Waals surface area contributed by atoms with E-state index in [0.717, 1.165) is 0 Å². The Hall–Kier alpha value is -1.88. The first-order chi connectivity index (χ1) is 7.69. The Bertz CT molecular complexity index is 472. The maximum absolute atomic E-state index is 14.0. The van der Waals surface area contributed by atoms with Gasteiger partial charge in [0, 0.05) is 18.2 Å². The summed E-state index contributed by atoms with van der Waals surface area (Å²) < 4.78 is 24.2. The Morgan fingerprint density at radius 1 is 1.56 bits per heavy atom. The molecule has 5 heteroatoms. The molecular weight excluding hydrogens is 211 g/mol. The first-order valence-corrected chi connectivity index (χ1v) is 4.66. The zero-order chi connectivity index (χ0) is 11.7. The average molecular weight is 222 g/mol. The number of ether oxygens (including phenoxy) is 2. The highest BCUT2D eigenvalue weighted by molar-refractivity contribution is 5.79. The van der Waals surface area contributed by atoms with Crippen LogP contribution in [-0.4, -0.2) is 20.1 Å². The quantitative estimate of drug-likeness (QED) is 0.794. The van der Waals surface area contributed by atoms with Crippen molar-refractivity contribution in [1.82, 2.24) is 0 Å². The summed E-state index contributed by atoms with van der Waals surface area (Å²) in [4.78, 5) is 3.74. The lowest BCUT2D eigenvalue weighted by Crippen LogP contribution is -2.03. The first kappa shape index (κ1) is 10.6. The molecule has 1 aliphatic rings. The molecule has 0 aliphatic carbocycles. The smallest absolute Gasteiger partial charge is 0.231 e. The van der Waals surface area contributed by atoms with Crippen LogP contribution < -0.4 is 15.2 Å². The third-order valence-corrected chi connectivity index (χ3v) is 2.35. The average Bonchev–Trinajstić information content (AvgIpc) is 2.76. The third kappa shape index (κ3) is 1.45. The van der Waals surface area contributed by atoms with E-state index in [1.165, 1.54) is 0 Å². The molecule has 2 N–H and O–H groups in total. The monoisotopic (exact) mass is 222 g/mol. The van der Waals surface area contributed by atoms with Crippen molar-refractivity contribution in [3.8, 4) is 11.5 Å². The SMILES string of the molecule is C=Nc1cc2c(c(F)c1C(=C)CN)OCO2. The van der Waals surface area contributed by atoms with Crippen LogP contribution in [0.15, 0.2) is 17.6 Å². The molecule has 1 heterocycles. The van der Waals surface area contributed by atoms with Crippen molar-refractivity contribution in [2.24, 2.45) is 10.7 Å². The summed E-state index contributed by atoms with van der Waals surface area (Å²) in [6.45, 7) is 7.21. The fourth-order valence-electron chi connectivity index (χ4n) is 1.55. The maximum Gasteiger partial charge on any atom is 0.231 e. The summed E-state index contributed by atoms with van der Waals surface area (Å²) >= 11 is 0. The maximum atomic E-state index is 14.0. The van der Waals surface area contributed by atoms with E-state index in [9.17, 15) is 4.39 Å². The van der Waals surface area contributed by atoms with Crippen LogP contribution in [-0.2, 0) is 0 Å². The van der Waals surface area contributed by atoms with E-state index in [2.05, 4.69) is 18.3 Å². The molecule has 2 rings (SSSR count). The summed E-state index contributed by atoms with van der Waals surface area (Å²) in [6, 6.07) is 1.56. The lowest BCUT2D eigenvalue weighted by atomic mass is 10.0. The van der Waals surface area contributed by atoms with E-state index >= 15 is 0 Å². The minimum absolute atomic E-state index is 0.00138. The molecule has 0 radical (unpaired) electrons. The number of nitrogens with two attached hydrogens (primary N) is 1. The molecule has 0 bridgehead atoms. The molecule has 1 aliphatic heterocycles. The lowest BCUT2D eigenvalue weighted by molar-refractivity contribution is 0.171. The van der Waals surface area contributed by atoms with Gasteiger partial charge in [0.05, 0.1) is 5.69 Å². The Morgan fingerprint density at radius 2 is 2.31 bits per heavy atom. The van der Waals surface area contributed by atoms with E-state index in [1.54, 1.807) is 6.07 Å². The highest BCUT2D eigenvalue weighted by atomic mass is 19.1. The van der Waals surface area contributed by atoms with Crippen LogP contribution >= 0.6 is 0 Å². The Kier molecular flexibility index (Phi) is 2.62. The second-order valence-electron chi connectivity index (χ2n) is 3.28. The van der Waals surface area contributed by atoms with Gasteiger partial charge in [-0.25, -0.2) is 4.39 Å². The minimum atomic E-state index is -0.548. The second-order valence-corrected chi connectivity index (χ2v) is 3.28. The molecule has 0 spiro atoms. The van der Waals surface area contributed by atoms with Crippen LogP contribution in [0.4, 0.5) is 10.1 Å². The molecule has 16 heavy (non-hydrogen) atoms. The van der Waals surface area contributed by atoms with Crippen LogP contribution in [0.25, 0.3) is 5.57 Å². The second kappa shape index (κ2) is 3.94. The molecular formula is C11H11FN2O2. The van der Waals surface area contributed by atoms with E-state index in [1.807, 2.05) is 0 Å². The van der Waals surface area contributed by atoms with Crippen molar-refractivity contribution < 1.29 is 13.9 Å². The largest absolute Gasteiger partial charge is 0.453 e. The van der Waals surface area contributed by atoms with Crippen molar-refractivity contribution in [2.75, 3.05) is 13.3 Å². The highest BCUT2D eigenvalue weighted by Gasteiger charge is 2.25. The van der Waals surface area contributed by atoms with Gasteiger partial charge in [-0.05, 0) is 12.3 Å². The summed E-state index contributed by atoms with van der Waals surface area (Å²) in [7, 11) is 0. The Morgan fingerprint density at radius 3 is 2.94 bits per heavy atom. The molecule has 0 amide bonds.